The molecular weight excluding hydrogens is 210 g/mol. The van der Waals surface area contributed by atoms with Gasteiger partial charge in [-0.05, 0) is 24.7 Å². The number of ether oxygens (including phenoxy) is 1. The number of rotatable bonds is 4. The van der Waals surface area contributed by atoms with Gasteiger partial charge in [-0.3, -0.25) is 9.59 Å². The minimum atomic E-state index is -0.929. The molecule has 2 bridgehead atoms. The van der Waals surface area contributed by atoms with Gasteiger partial charge in [0.25, 0.3) is 0 Å². The van der Waals surface area contributed by atoms with Crippen molar-refractivity contribution in [1.82, 2.24) is 5.32 Å². The van der Waals surface area contributed by atoms with Gasteiger partial charge in [0.05, 0.1) is 24.7 Å². The first kappa shape index (κ1) is 10.1. The molecule has 0 spiro atoms. The number of aliphatic carboxylic acids is 1. The predicted molar refractivity (Wildman–Crippen MR) is 53.7 cm³/mol. The Hall–Kier alpha value is -1.10. The van der Waals surface area contributed by atoms with Crippen LogP contribution in [-0.4, -0.2) is 35.2 Å². The minimum absolute atomic E-state index is 0.0668. The monoisotopic (exact) mass is 225 g/mol. The van der Waals surface area contributed by atoms with E-state index in [1.807, 2.05) is 0 Å². The summed E-state index contributed by atoms with van der Waals surface area (Å²) >= 11 is 0. The Kier molecular flexibility index (Phi) is 2.17. The zero-order chi connectivity index (χ0) is 11.3. The second-order valence-corrected chi connectivity index (χ2v) is 5.01. The van der Waals surface area contributed by atoms with E-state index in [0.717, 1.165) is 12.3 Å². The lowest BCUT2D eigenvalue weighted by atomic mass is 9.95. The summed E-state index contributed by atoms with van der Waals surface area (Å²) in [6.45, 7) is 0. The number of carboxylic acid groups (broad SMARTS) is 1. The van der Waals surface area contributed by atoms with E-state index in [-0.39, 0.29) is 30.9 Å². The molecule has 5 atom stereocenters. The van der Waals surface area contributed by atoms with Crippen LogP contribution in [0.25, 0.3) is 0 Å². The van der Waals surface area contributed by atoms with Crippen molar-refractivity contribution in [3.05, 3.63) is 0 Å². The maximum atomic E-state index is 11.5. The highest BCUT2D eigenvalue weighted by molar-refractivity contribution is 5.80. The highest BCUT2D eigenvalue weighted by Gasteiger charge is 2.62. The Bertz CT molecular complexity index is 343. The van der Waals surface area contributed by atoms with Crippen LogP contribution in [-0.2, 0) is 14.3 Å². The summed E-state index contributed by atoms with van der Waals surface area (Å²) in [5.41, 5.74) is 0. The number of hydrogen-bond acceptors (Lipinski definition) is 3. The van der Waals surface area contributed by atoms with E-state index in [1.54, 1.807) is 0 Å². The predicted octanol–water partition coefficient (Wildman–Crippen LogP) is 0.143. The summed E-state index contributed by atoms with van der Waals surface area (Å²) in [5.74, 6) is 0.308. The van der Waals surface area contributed by atoms with Gasteiger partial charge in [0.2, 0.25) is 5.91 Å². The largest absolute Gasteiger partial charge is 0.481 e. The Morgan fingerprint density at radius 2 is 2.06 bits per heavy atom. The normalized spacial score (nSPS) is 42.9. The zero-order valence-corrected chi connectivity index (χ0v) is 8.89. The SMILES string of the molecule is O=C(O)CCC(=O)NC1CC2OC1C1CC21. The summed E-state index contributed by atoms with van der Waals surface area (Å²) in [6, 6.07) is 0.120. The Balaban J connectivity index is 1.49. The molecule has 2 N–H and O–H groups in total. The first-order valence-electron chi connectivity index (χ1n) is 5.82. The van der Waals surface area contributed by atoms with Gasteiger partial charge in [-0.1, -0.05) is 0 Å². The molecule has 5 heteroatoms. The molecule has 5 nitrogen and oxygen atoms in total. The van der Waals surface area contributed by atoms with Gasteiger partial charge in [0.15, 0.2) is 0 Å². The summed E-state index contributed by atoms with van der Waals surface area (Å²) in [7, 11) is 0. The number of fused-ring (bicyclic) bond motifs is 5. The average molecular weight is 225 g/mol. The summed E-state index contributed by atoms with van der Waals surface area (Å²) in [5, 5.41) is 11.4. The summed E-state index contributed by atoms with van der Waals surface area (Å²) in [6.07, 6.45) is 2.67. The Morgan fingerprint density at radius 3 is 2.69 bits per heavy atom. The van der Waals surface area contributed by atoms with E-state index in [2.05, 4.69) is 5.32 Å². The number of nitrogens with one attached hydrogen (secondary N) is 1. The van der Waals surface area contributed by atoms with Gasteiger partial charge in [-0.15, -0.1) is 0 Å². The fourth-order valence-electron chi connectivity index (χ4n) is 3.09. The number of hydrogen-bond donors (Lipinski definition) is 2. The van der Waals surface area contributed by atoms with Gasteiger partial charge in [0.1, 0.15) is 0 Å². The van der Waals surface area contributed by atoms with E-state index in [4.69, 9.17) is 9.84 Å². The topological polar surface area (TPSA) is 75.6 Å². The smallest absolute Gasteiger partial charge is 0.303 e. The van der Waals surface area contributed by atoms with Crippen LogP contribution in [0.4, 0.5) is 0 Å². The van der Waals surface area contributed by atoms with Crippen molar-refractivity contribution in [3.63, 3.8) is 0 Å². The van der Waals surface area contributed by atoms with Crippen molar-refractivity contribution in [2.24, 2.45) is 11.8 Å². The number of carbonyl (C=O) groups is 2. The molecule has 1 aliphatic carbocycles. The molecule has 2 saturated heterocycles. The van der Waals surface area contributed by atoms with Crippen molar-refractivity contribution in [2.75, 3.05) is 0 Å². The van der Waals surface area contributed by atoms with Crippen LogP contribution in [0.3, 0.4) is 0 Å². The molecule has 88 valence electrons. The van der Waals surface area contributed by atoms with Crippen molar-refractivity contribution >= 4 is 11.9 Å². The molecule has 0 aromatic carbocycles. The molecule has 2 aliphatic heterocycles. The quantitative estimate of drug-likeness (QED) is 0.713. The average Bonchev–Trinajstić information content (AvgIpc) is 2.85. The Labute approximate surface area is 93.2 Å². The van der Waals surface area contributed by atoms with Crippen LogP contribution in [0.15, 0.2) is 0 Å². The third kappa shape index (κ3) is 1.59. The third-order valence-electron chi connectivity index (χ3n) is 3.92. The van der Waals surface area contributed by atoms with Gasteiger partial charge in [-0.2, -0.15) is 0 Å². The van der Waals surface area contributed by atoms with Crippen molar-refractivity contribution in [1.29, 1.82) is 0 Å². The maximum Gasteiger partial charge on any atom is 0.303 e. The molecule has 3 rings (SSSR count). The highest BCUT2D eigenvalue weighted by atomic mass is 16.5. The molecule has 0 aromatic rings. The lowest BCUT2D eigenvalue weighted by molar-refractivity contribution is -0.139. The molecule has 0 aromatic heterocycles. The molecule has 1 saturated carbocycles. The molecule has 16 heavy (non-hydrogen) atoms. The van der Waals surface area contributed by atoms with Crippen LogP contribution < -0.4 is 5.32 Å². The van der Waals surface area contributed by atoms with Crippen LogP contribution >= 0.6 is 0 Å². The maximum absolute atomic E-state index is 11.5. The number of carboxylic acids is 1. The van der Waals surface area contributed by atoms with Crippen molar-refractivity contribution in [3.8, 4) is 0 Å². The van der Waals surface area contributed by atoms with E-state index in [9.17, 15) is 9.59 Å². The highest BCUT2D eigenvalue weighted by Crippen LogP contribution is 2.58. The molecule has 5 unspecified atom stereocenters. The number of amides is 1. The van der Waals surface area contributed by atoms with Crippen LogP contribution in [0.2, 0.25) is 0 Å². The lowest BCUT2D eigenvalue weighted by Gasteiger charge is -2.19. The van der Waals surface area contributed by atoms with Gasteiger partial charge in [0, 0.05) is 6.42 Å². The first-order valence-corrected chi connectivity index (χ1v) is 5.82. The van der Waals surface area contributed by atoms with E-state index in [1.165, 1.54) is 6.42 Å². The van der Waals surface area contributed by atoms with Crippen LogP contribution in [0.1, 0.15) is 25.7 Å². The van der Waals surface area contributed by atoms with Crippen LogP contribution in [0.5, 0.6) is 0 Å². The lowest BCUT2D eigenvalue weighted by Crippen LogP contribution is -2.42. The summed E-state index contributed by atoms with van der Waals surface area (Å²) < 4.78 is 5.74. The second-order valence-electron chi connectivity index (χ2n) is 5.01. The van der Waals surface area contributed by atoms with E-state index >= 15 is 0 Å². The third-order valence-corrected chi connectivity index (χ3v) is 3.92. The van der Waals surface area contributed by atoms with Gasteiger partial charge < -0.3 is 15.2 Å². The van der Waals surface area contributed by atoms with E-state index in [0.29, 0.717) is 12.0 Å². The fourth-order valence-corrected chi connectivity index (χ4v) is 3.09. The van der Waals surface area contributed by atoms with E-state index < -0.39 is 5.97 Å². The first-order chi connectivity index (χ1) is 7.65. The Morgan fingerprint density at radius 1 is 1.25 bits per heavy atom. The second kappa shape index (κ2) is 3.45. The van der Waals surface area contributed by atoms with Crippen molar-refractivity contribution < 1.29 is 19.4 Å². The molecule has 0 radical (unpaired) electrons. The molecule has 2 heterocycles. The van der Waals surface area contributed by atoms with Gasteiger partial charge >= 0.3 is 5.97 Å². The molecule has 3 aliphatic rings. The zero-order valence-electron chi connectivity index (χ0n) is 8.89. The standard InChI is InChI=1S/C11H15NO4/c13-9(1-2-10(14)15)12-7-4-8-5-3-6(5)11(7)16-8/h5-8,11H,1-4H2,(H,12,13)(H,14,15). The minimum Gasteiger partial charge on any atom is -0.481 e. The van der Waals surface area contributed by atoms with Crippen LogP contribution in [0, 0.1) is 11.8 Å². The molecule has 1 amide bonds. The number of carbonyl (C=O) groups excluding carboxylic acids is 1. The molecule has 3 fully saturated rings. The summed E-state index contributed by atoms with van der Waals surface area (Å²) in [4.78, 5) is 21.8. The fraction of sp³-hybridized carbons (Fsp3) is 0.818. The van der Waals surface area contributed by atoms with Gasteiger partial charge in [-0.25, -0.2) is 0 Å². The molecular formula is C11H15NO4. The van der Waals surface area contributed by atoms with Crippen molar-refractivity contribution in [2.45, 2.75) is 43.9 Å².